The second-order valence-electron chi connectivity index (χ2n) is 5.31. The summed E-state index contributed by atoms with van der Waals surface area (Å²) in [5.41, 5.74) is 3.70. The van der Waals surface area contributed by atoms with Crippen LogP contribution in [0, 0.1) is 0 Å². The molecule has 0 aliphatic heterocycles. The van der Waals surface area contributed by atoms with Crippen LogP contribution in [0.2, 0.25) is 0 Å². The number of nitrogens with zero attached hydrogens (tertiary/aromatic N) is 2. The van der Waals surface area contributed by atoms with Crippen molar-refractivity contribution in [1.29, 1.82) is 0 Å². The van der Waals surface area contributed by atoms with Crippen molar-refractivity contribution in [3.63, 3.8) is 0 Å². The van der Waals surface area contributed by atoms with Crippen LogP contribution in [-0.2, 0) is 6.42 Å². The molecule has 0 bridgehead atoms. The van der Waals surface area contributed by atoms with Crippen molar-refractivity contribution in [2.24, 2.45) is 0 Å². The predicted molar refractivity (Wildman–Crippen MR) is 83.0 cm³/mol. The smallest absolute Gasteiger partial charge is 0.162 e. The zero-order valence-corrected chi connectivity index (χ0v) is 12.2. The molecule has 104 valence electrons. The van der Waals surface area contributed by atoms with Crippen molar-refractivity contribution >= 4 is 5.82 Å². The Morgan fingerprint density at radius 1 is 1.15 bits per heavy atom. The molecule has 1 fully saturated rings. The van der Waals surface area contributed by atoms with Crippen LogP contribution in [0.1, 0.15) is 43.9 Å². The van der Waals surface area contributed by atoms with Crippen LogP contribution in [0.4, 0.5) is 5.82 Å². The first kappa shape index (κ1) is 13.1. The number of aryl methyl sites for hydroxylation is 1. The Labute approximate surface area is 120 Å². The molecule has 1 saturated carbocycles. The van der Waals surface area contributed by atoms with Crippen LogP contribution in [0.25, 0.3) is 11.4 Å². The molecule has 0 atom stereocenters. The minimum absolute atomic E-state index is 0.711. The summed E-state index contributed by atoms with van der Waals surface area (Å²) in [6.07, 6.45) is 3.52. The summed E-state index contributed by atoms with van der Waals surface area (Å²) >= 11 is 0. The van der Waals surface area contributed by atoms with E-state index in [4.69, 9.17) is 4.98 Å². The van der Waals surface area contributed by atoms with E-state index in [-0.39, 0.29) is 0 Å². The number of rotatable bonds is 5. The first-order valence-corrected chi connectivity index (χ1v) is 7.53. The Kier molecular flexibility index (Phi) is 3.68. The lowest BCUT2D eigenvalue weighted by molar-refractivity contribution is 0.992. The quantitative estimate of drug-likeness (QED) is 0.889. The van der Waals surface area contributed by atoms with Crippen LogP contribution in [0.3, 0.4) is 0 Å². The highest BCUT2D eigenvalue weighted by atomic mass is 15.0. The zero-order chi connectivity index (χ0) is 13.9. The van der Waals surface area contributed by atoms with Crippen LogP contribution < -0.4 is 5.32 Å². The van der Waals surface area contributed by atoms with E-state index in [2.05, 4.69) is 48.4 Å². The normalized spacial score (nSPS) is 14.3. The van der Waals surface area contributed by atoms with Crippen molar-refractivity contribution in [3.8, 4) is 11.4 Å². The van der Waals surface area contributed by atoms with Crippen LogP contribution in [0.5, 0.6) is 0 Å². The number of nitrogens with one attached hydrogen (secondary N) is 1. The van der Waals surface area contributed by atoms with Gasteiger partial charge in [0, 0.05) is 23.9 Å². The molecule has 20 heavy (non-hydrogen) atoms. The fraction of sp³-hybridized carbons (Fsp3) is 0.412. The maximum absolute atomic E-state index is 4.72. The lowest BCUT2D eigenvalue weighted by Gasteiger charge is -2.11. The summed E-state index contributed by atoms with van der Waals surface area (Å²) in [5.74, 6) is 2.51. The van der Waals surface area contributed by atoms with Crippen LogP contribution >= 0.6 is 0 Å². The fourth-order valence-electron chi connectivity index (χ4n) is 2.52. The van der Waals surface area contributed by atoms with Gasteiger partial charge in [0.15, 0.2) is 5.82 Å². The summed E-state index contributed by atoms with van der Waals surface area (Å²) < 4.78 is 0. The molecule has 1 N–H and O–H groups in total. The second-order valence-corrected chi connectivity index (χ2v) is 5.31. The third kappa shape index (κ3) is 2.67. The van der Waals surface area contributed by atoms with Crippen molar-refractivity contribution in [2.45, 2.75) is 39.0 Å². The SMILES string of the molecule is CCNc1cc(CC)nc(-c2ccccc2C2CC2)n1. The number of aromatic nitrogens is 2. The Morgan fingerprint density at radius 3 is 2.65 bits per heavy atom. The van der Waals surface area contributed by atoms with Gasteiger partial charge in [-0.1, -0.05) is 31.2 Å². The Bertz CT molecular complexity index is 603. The Hall–Kier alpha value is -1.90. The van der Waals surface area contributed by atoms with Crippen molar-refractivity contribution in [3.05, 3.63) is 41.6 Å². The lowest BCUT2D eigenvalue weighted by Crippen LogP contribution is -2.04. The van der Waals surface area contributed by atoms with Gasteiger partial charge in [-0.25, -0.2) is 9.97 Å². The monoisotopic (exact) mass is 267 g/mol. The number of hydrogen-bond donors (Lipinski definition) is 1. The number of anilines is 1. The molecule has 0 amide bonds. The highest BCUT2D eigenvalue weighted by molar-refractivity contribution is 5.63. The second kappa shape index (κ2) is 5.61. The highest BCUT2D eigenvalue weighted by Crippen LogP contribution is 2.43. The van der Waals surface area contributed by atoms with E-state index in [1.807, 2.05) is 6.07 Å². The average molecular weight is 267 g/mol. The molecule has 0 spiro atoms. The molecular formula is C17H21N3. The first-order valence-electron chi connectivity index (χ1n) is 7.53. The molecular weight excluding hydrogens is 246 g/mol. The number of benzene rings is 1. The summed E-state index contributed by atoms with van der Waals surface area (Å²) in [6, 6.07) is 10.6. The molecule has 1 aliphatic carbocycles. The minimum Gasteiger partial charge on any atom is -0.370 e. The molecule has 3 rings (SSSR count). The van der Waals surface area contributed by atoms with Gasteiger partial charge < -0.3 is 5.32 Å². The van der Waals surface area contributed by atoms with E-state index in [1.54, 1.807) is 0 Å². The maximum atomic E-state index is 4.72. The van der Waals surface area contributed by atoms with Gasteiger partial charge in [0.05, 0.1) is 0 Å². The van der Waals surface area contributed by atoms with Gasteiger partial charge in [0.1, 0.15) is 5.82 Å². The summed E-state index contributed by atoms with van der Waals surface area (Å²) in [4.78, 5) is 9.41. The van der Waals surface area contributed by atoms with Crippen molar-refractivity contribution in [1.82, 2.24) is 9.97 Å². The molecule has 1 aromatic carbocycles. The van der Waals surface area contributed by atoms with Gasteiger partial charge >= 0.3 is 0 Å². The van der Waals surface area contributed by atoms with Gasteiger partial charge in [-0.2, -0.15) is 0 Å². The van der Waals surface area contributed by atoms with E-state index < -0.39 is 0 Å². The number of hydrogen-bond acceptors (Lipinski definition) is 3. The van der Waals surface area contributed by atoms with E-state index in [9.17, 15) is 0 Å². The van der Waals surface area contributed by atoms with Gasteiger partial charge in [-0.05, 0) is 37.7 Å². The zero-order valence-electron chi connectivity index (χ0n) is 12.2. The lowest BCUT2D eigenvalue weighted by atomic mass is 10.0. The largest absolute Gasteiger partial charge is 0.370 e. The molecule has 3 nitrogen and oxygen atoms in total. The molecule has 0 radical (unpaired) electrons. The van der Waals surface area contributed by atoms with Crippen LogP contribution in [0.15, 0.2) is 30.3 Å². The maximum Gasteiger partial charge on any atom is 0.162 e. The molecule has 0 unspecified atom stereocenters. The molecule has 0 saturated heterocycles. The molecule has 1 aliphatic rings. The van der Waals surface area contributed by atoms with Crippen molar-refractivity contribution in [2.75, 3.05) is 11.9 Å². The fourth-order valence-corrected chi connectivity index (χ4v) is 2.52. The van der Waals surface area contributed by atoms with Crippen LogP contribution in [-0.4, -0.2) is 16.5 Å². The summed E-state index contributed by atoms with van der Waals surface area (Å²) in [5, 5.41) is 3.31. The van der Waals surface area contributed by atoms with Gasteiger partial charge in [0.2, 0.25) is 0 Å². The van der Waals surface area contributed by atoms with E-state index in [0.717, 1.165) is 30.3 Å². The van der Waals surface area contributed by atoms with Gasteiger partial charge in [-0.15, -0.1) is 0 Å². The predicted octanol–water partition coefficient (Wildman–Crippen LogP) is 4.02. The first-order chi connectivity index (χ1) is 9.81. The Balaban J connectivity index is 2.06. The molecule has 3 heteroatoms. The summed E-state index contributed by atoms with van der Waals surface area (Å²) in [7, 11) is 0. The van der Waals surface area contributed by atoms with E-state index in [0.29, 0.717) is 5.92 Å². The van der Waals surface area contributed by atoms with E-state index in [1.165, 1.54) is 24.0 Å². The highest BCUT2D eigenvalue weighted by Gasteiger charge is 2.26. The third-order valence-electron chi connectivity index (χ3n) is 3.72. The topological polar surface area (TPSA) is 37.8 Å². The summed E-state index contributed by atoms with van der Waals surface area (Å²) in [6.45, 7) is 5.10. The molecule has 1 heterocycles. The third-order valence-corrected chi connectivity index (χ3v) is 3.72. The minimum atomic E-state index is 0.711. The standard InChI is InChI=1S/C17H21N3/c1-3-13-11-16(18-4-2)20-17(19-13)15-8-6-5-7-14(15)12-9-10-12/h5-8,11-12H,3-4,9-10H2,1-2H3,(H,18,19,20). The average Bonchev–Trinajstić information content (AvgIpc) is 3.32. The van der Waals surface area contributed by atoms with Crippen molar-refractivity contribution < 1.29 is 0 Å². The van der Waals surface area contributed by atoms with E-state index >= 15 is 0 Å². The van der Waals surface area contributed by atoms with Gasteiger partial charge in [0.25, 0.3) is 0 Å². The molecule has 2 aromatic rings. The van der Waals surface area contributed by atoms with Gasteiger partial charge in [-0.3, -0.25) is 0 Å². The Morgan fingerprint density at radius 2 is 1.95 bits per heavy atom. The molecule has 1 aromatic heterocycles.